The molecule has 1 aromatic heterocycles. The van der Waals surface area contributed by atoms with Crippen molar-refractivity contribution < 1.29 is 4.52 Å². The summed E-state index contributed by atoms with van der Waals surface area (Å²) in [5, 5.41) is 4.22. The normalized spacial score (nSPS) is 12.7. The molecule has 0 aliphatic heterocycles. The molecule has 0 amide bonds. The Balaban J connectivity index is 2.36. The first-order chi connectivity index (χ1) is 8.10. The van der Waals surface area contributed by atoms with Gasteiger partial charge in [-0.05, 0) is 24.6 Å². The van der Waals surface area contributed by atoms with Crippen molar-refractivity contribution in [1.82, 2.24) is 10.1 Å². The van der Waals surface area contributed by atoms with Gasteiger partial charge in [-0.3, -0.25) is 0 Å². The van der Waals surface area contributed by atoms with Crippen LogP contribution in [-0.4, -0.2) is 10.1 Å². The molecule has 1 heterocycles. The lowest BCUT2D eigenvalue weighted by Crippen LogP contribution is -1.90. The molecule has 3 nitrogen and oxygen atoms in total. The molecule has 0 radical (unpaired) electrons. The summed E-state index contributed by atoms with van der Waals surface area (Å²) < 4.78 is 6.02. The van der Waals surface area contributed by atoms with Crippen molar-refractivity contribution >= 4 is 39.1 Å². The van der Waals surface area contributed by atoms with Crippen LogP contribution in [0.4, 0.5) is 0 Å². The highest BCUT2D eigenvalue weighted by Crippen LogP contribution is 2.28. The van der Waals surface area contributed by atoms with Gasteiger partial charge < -0.3 is 4.52 Å². The maximum absolute atomic E-state index is 6.03. The molecule has 2 aromatic rings. The minimum absolute atomic E-state index is 0.227. The Labute approximate surface area is 117 Å². The van der Waals surface area contributed by atoms with Gasteiger partial charge in [0.1, 0.15) is 0 Å². The molecule has 6 heteroatoms. The highest BCUT2D eigenvalue weighted by atomic mass is 79.9. The summed E-state index contributed by atoms with van der Waals surface area (Å²) in [5.41, 5.74) is 0.767. The third-order valence-electron chi connectivity index (χ3n) is 2.19. The van der Waals surface area contributed by atoms with E-state index in [9.17, 15) is 0 Å². The quantitative estimate of drug-likeness (QED) is 0.753. The summed E-state index contributed by atoms with van der Waals surface area (Å²) in [6.45, 7) is 1.96. The van der Waals surface area contributed by atoms with E-state index in [-0.39, 0.29) is 5.38 Å². The van der Waals surface area contributed by atoms with E-state index < -0.39 is 0 Å². The largest absolute Gasteiger partial charge is 0.334 e. The van der Waals surface area contributed by atoms with Gasteiger partial charge in [0.15, 0.2) is 5.82 Å². The number of alkyl halides is 1. The molecule has 90 valence electrons. The van der Waals surface area contributed by atoms with Crippen molar-refractivity contribution in [3.8, 4) is 11.5 Å². The Kier molecular flexibility index (Phi) is 4.07. The molecule has 1 atom stereocenters. The molecular formula is C11H9BrCl2N2O. The minimum atomic E-state index is -0.227. The van der Waals surface area contributed by atoms with E-state index in [0.29, 0.717) is 16.7 Å². The molecule has 0 fully saturated rings. The van der Waals surface area contributed by atoms with Crippen molar-refractivity contribution in [2.45, 2.75) is 18.7 Å². The number of hydrogen-bond donors (Lipinski definition) is 0. The number of hydrogen-bond acceptors (Lipinski definition) is 3. The van der Waals surface area contributed by atoms with E-state index >= 15 is 0 Å². The van der Waals surface area contributed by atoms with E-state index in [2.05, 4.69) is 26.1 Å². The standard InChI is InChI=1S/C11H9BrCl2N2O/c1-2-9(14)10-15-11(17-16-10)6-3-7(12)5-8(13)4-6/h3-5,9H,2H2,1H3. The molecular weight excluding hydrogens is 327 g/mol. The van der Waals surface area contributed by atoms with Gasteiger partial charge in [-0.1, -0.05) is 39.6 Å². The number of rotatable bonds is 3. The summed E-state index contributed by atoms with van der Waals surface area (Å²) in [5.74, 6) is 0.919. The lowest BCUT2D eigenvalue weighted by molar-refractivity contribution is 0.421. The zero-order chi connectivity index (χ0) is 12.4. The lowest BCUT2D eigenvalue weighted by Gasteiger charge is -1.98. The van der Waals surface area contributed by atoms with E-state index in [1.165, 1.54) is 0 Å². The summed E-state index contributed by atoms with van der Waals surface area (Å²) in [4.78, 5) is 4.24. The molecule has 17 heavy (non-hydrogen) atoms. The van der Waals surface area contributed by atoms with Crippen molar-refractivity contribution in [2.75, 3.05) is 0 Å². The first-order valence-electron chi connectivity index (χ1n) is 5.04. The zero-order valence-corrected chi connectivity index (χ0v) is 12.1. The molecule has 0 saturated carbocycles. The molecule has 1 unspecified atom stereocenters. The summed E-state index contributed by atoms with van der Waals surface area (Å²) >= 11 is 15.3. The third kappa shape index (κ3) is 3.00. The molecule has 0 saturated heterocycles. The molecule has 1 aromatic carbocycles. The second kappa shape index (κ2) is 5.38. The number of nitrogens with zero attached hydrogens (tertiary/aromatic N) is 2. The van der Waals surface area contributed by atoms with Crippen molar-refractivity contribution in [2.24, 2.45) is 0 Å². The Morgan fingerprint density at radius 2 is 2.18 bits per heavy atom. The van der Waals surface area contributed by atoms with E-state index in [0.717, 1.165) is 16.5 Å². The maximum atomic E-state index is 6.03. The van der Waals surface area contributed by atoms with Crippen molar-refractivity contribution in [1.29, 1.82) is 0 Å². The summed E-state index contributed by atoms with van der Waals surface area (Å²) in [6.07, 6.45) is 0.750. The molecule has 2 rings (SSSR count). The average molecular weight is 336 g/mol. The van der Waals surface area contributed by atoms with Crippen LogP contribution in [0.2, 0.25) is 5.02 Å². The SMILES string of the molecule is CCC(Cl)c1noc(-c2cc(Cl)cc(Br)c2)n1. The van der Waals surface area contributed by atoms with E-state index in [1.54, 1.807) is 12.1 Å². The van der Waals surface area contributed by atoms with Crippen molar-refractivity contribution in [3.05, 3.63) is 33.5 Å². The summed E-state index contributed by atoms with van der Waals surface area (Å²) in [7, 11) is 0. The van der Waals surface area contributed by atoms with Crippen LogP contribution in [0, 0.1) is 0 Å². The van der Waals surface area contributed by atoms with Gasteiger partial charge in [0.05, 0.1) is 5.38 Å². The zero-order valence-electron chi connectivity index (χ0n) is 8.95. The van der Waals surface area contributed by atoms with E-state index in [4.69, 9.17) is 27.7 Å². The Morgan fingerprint density at radius 1 is 1.41 bits per heavy atom. The monoisotopic (exact) mass is 334 g/mol. The van der Waals surface area contributed by atoms with Crippen LogP contribution in [0.15, 0.2) is 27.2 Å². The minimum Gasteiger partial charge on any atom is -0.334 e. The van der Waals surface area contributed by atoms with Crippen LogP contribution in [0.25, 0.3) is 11.5 Å². The van der Waals surface area contributed by atoms with Crippen LogP contribution in [0.5, 0.6) is 0 Å². The van der Waals surface area contributed by atoms with Gasteiger partial charge in [0, 0.05) is 15.1 Å². The molecule has 0 aliphatic carbocycles. The van der Waals surface area contributed by atoms with Crippen LogP contribution in [0.3, 0.4) is 0 Å². The van der Waals surface area contributed by atoms with Crippen molar-refractivity contribution in [3.63, 3.8) is 0 Å². The Morgan fingerprint density at radius 3 is 2.82 bits per heavy atom. The molecule has 0 bridgehead atoms. The highest BCUT2D eigenvalue weighted by molar-refractivity contribution is 9.10. The predicted molar refractivity (Wildman–Crippen MR) is 71.3 cm³/mol. The molecule has 0 aliphatic rings. The predicted octanol–water partition coefficient (Wildman–Crippen LogP) is 4.84. The fraction of sp³-hybridized carbons (Fsp3) is 0.273. The molecule has 0 spiro atoms. The second-order valence-corrected chi connectivity index (χ2v) is 5.37. The van der Waals surface area contributed by atoms with Gasteiger partial charge in [-0.2, -0.15) is 4.98 Å². The highest BCUT2D eigenvalue weighted by Gasteiger charge is 2.15. The average Bonchev–Trinajstić information content (AvgIpc) is 2.76. The number of aromatic nitrogens is 2. The fourth-order valence-electron chi connectivity index (χ4n) is 1.34. The first-order valence-corrected chi connectivity index (χ1v) is 6.65. The second-order valence-electron chi connectivity index (χ2n) is 3.49. The van der Waals surface area contributed by atoms with Gasteiger partial charge in [-0.15, -0.1) is 11.6 Å². The fourth-order valence-corrected chi connectivity index (χ4v) is 2.29. The van der Waals surface area contributed by atoms with Crippen LogP contribution in [0.1, 0.15) is 24.5 Å². The topological polar surface area (TPSA) is 38.9 Å². The van der Waals surface area contributed by atoms with Gasteiger partial charge in [-0.25, -0.2) is 0 Å². The Hall–Kier alpha value is -0.580. The lowest BCUT2D eigenvalue weighted by atomic mass is 10.2. The van der Waals surface area contributed by atoms with Gasteiger partial charge >= 0.3 is 0 Å². The van der Waals surface area contributed by atoms with Crippen LogP contribution >= 0.6 is 39.1 Å². The summed E-state index contributed by atoms with van der Waals surface area (Å²) in [6, 6.07) is 5.41. The Bertz CT molecular complexity index is 510. The first kappa shape index (κ1) is 12.9. The van der Waals surface area contributed by atoms with E-state index in [1.807, 2.05) is 13.0 Å². The third-order valence-corrected chi connectivity index (χ3v) is 3.37. The number of benzene rings is 1. The molecule has 0 N–H and O–H groups in total. The number of halogens is 3. The van der Waals surface area contributed by atoms with Gasteiger partial charge in [0.25, 0.3) is 5.89 Å². The van der Waals surface area contributed by atoms with Crippen LogP contribution in [-0.2, 0) is 0 Å². The maximum Gasteiger partial charge on any atom is 0.258 e. The van der Waals surface area contributed by atoms with Gasteiger partial charge in [0.2, 0.25) is 0 Å². The smallest absolute Gasteiger partial charge is 0.258 e. The van der Waals surface area contributed by atoms with Crippen LogP contribution < -0.4 is 0 Å².